The molecule has 0 aliphatic carbocycles. The van der Waals surface area contributed by atoms with Crippen molar-refractivity contribution in [3.05, 3.63) is 0 Å². The SMILES string of the molecule is NC(=O)O.[Ca+2].[Fe].[H-].[H-]. The van der Waals surface area contributed by atoms with Crippen LogP contribution >= 0.6 is 0 Å². The molecule has 0 fully saturated rings. The van der Waals surface area contributed by atoms with Crippen LogP contribution in [0.4, 0.5) is 4.79 Å². The molecule has 0 atom stereocenters. The summed E-state index contributed by atoms with van der Waals surface area (Å²) < 4.78 is 0. The average molecular weight is 159 g/mol. The molecule has 0 spiro atoms. The fourth-order valence-electron chi connectivity index (χ4n) is 0. The zero-order valence-electron chi connectivity index (χ0n) is 4.99. The zero-order valence-corrected chi connectivity index (χ0v) is 6.31. The van der Waals surface area contributed by atoms with E-state index in [2.05, 4.69) is 5.73 Å². The number of nitrogens with two attached hydrogens (primary N) is 1. The van der Waals surface area contributed by atoms with Gasteiger partial charge in [0.05, 0.1) is 0 Å². The van der Waals surface area contributed by atoms with E-state index in [9.17, 15) is 0 Å². The molecule has 0 aliphatic heterocycles. The van der Waals surface area contributed by atoms with Gasteiger partial charge in [-0.25, -0.2) is 4.79 Å². The number of carboxylic acid groups (broad SMARTS) is 1. The van der Waals surface area contributed by atoms with Crippen molar-refractivity contribution in [1.29, 1.82) is 0 Å². The molecule has 5 heteroatoms. The minimum Gasteiger partial charge on any atom is -1.00 e. The first kappa shape index (κ1) is 15.7. The number of hydrogen-bond acceptors (Lipinski definition) is 1. The Balaban J connectivity index is -0.00000000750. The fourth-order valence-corrected chi connectivity index (χ4v) is 0. The largest absolute Gasteiger partial charge is 2.00 e. The van der Waals surface area contributed by atoms with Crippen molar-refractivity contribution in [2.45, 2.75) is 0 Å². The Hall–Kier alpha value is 1.05. The van der Waals surface area contributed by atoms with E-state index in [4.69, 9.17) is 9.90 Å². The zero-order chi connectivity index (χ0) is 3.58. The van der Waals surface area contributed by atoms with Crippen molar-refractivity contribution >= 4 is 43.8 Å². The van der Waals surface area contributed by atoms with Gasteiger partial charge in [0, 0.05) is 17.1 Å². The first-order valence-electron chi connectivity index (χ1n) is 0.716. The predicted molar refractivity (Wildman–Crippen MR) is 20.2 cm³/mol. The van der Waals surface area contributed by atoms with Crippen molar-refractivity contribution in [1.82, 2.24) is 0 Å². The molecule has 0 aromatic rings. The third-order valence-electron chi connectivity index (χ3n) is 0. The first-order valence-corrected chi connectivity index (χ1v) is 0.716. The van der Waals surface area contributed by atoms with Gasteiger partial charge in [0.2, 0.25) is 0 Å². The Kier molecular flexibility index (Phi) is 24.7. The van der Waals surface area contributed by atoms with Crippen LogP contribution < -0.4 is 5.73 Å². The molecule has 0 unspecified atom stereocenters. The maximum atomic E-state index is 8.78. The molecule has 0 aromatic carbocycles. The van der Waals surface area contributed by atoms with E-state index in [-0.39, 0.29) is 57.7 Å². The first-order chi connectivity index (χ1) is 1.73. The third-order valence-corrected chi connectivity index (χ3v) is 0. The number of primary amides is 1. The van der Waals surface area contributed by atoms with Crippen LogP contribution in [-0.4, -0.2) is 48.9 Å². The van der Waals surface area contributed by atoms with Crippen LogP contribution in [0.5, 0.6) is 0 Å². The Bertz CT molecular complexity index is 43.0. The molecule has 36 valence electrons. The molecule has 0 saturated heterocycles. The van der Waals surface area contributed by atoms with Crippen LogP contribution in [0, 0.1) is 0 Å². The van der Waals surface area contributed by atoms with Gasteiger partial charge in [-0.2, -0.15) is 0 Å². The van der Waals surface area contributed by atoms with Gasteiger partial charge < -0.3 is 13.7 Å². The molecule has 6 heavy (non-hydrogen) atoms. The molecule has 3 nitrogen and oxygen atoms in total. The topological polar surface area (TPSA) is 63.3 Å². The monoisotopic (exact) mass is 159 g/mol. The summed E-state index contributed by atoms with van der Waals surface area (Å²) in [4.78, 5) is 8.78. The maximum absolute atomic E-state index is 8.78. The Morgan fingerprint density at radius 2 is 1.83 bits per heavy atom. The van der Waals surface area contributed by atoms with Gasteiger partial charge in [-0.05, 0) is 0 Å². The summed E-state index contributed by atoms with van der Waals surface area (Å²) in [7, 11) is 0. The number of carbonyl (C=O) groups is 1. The molecule has 1 amide bonds. The molecule has 0 aromatic heterocycles. The van der Waals surface area contributed by atoms with Crippen LogP contribution in [0.15, 0.2) is 0 Å². The summed E-state index contributed by atoms with van der Waals surface area (Å²) in [5.74, 6) is 0. The van der Waals surface area contributed by atoms with E-state index < -0.39 is 6.09 Å². The van der Waals surface area contributed by atoms with E-state index in [1.807, 2.05) is 0 Å². The summed E-state index contributed by atoms with van der Waals surface area (Å²) in [6, 6.07) is 0. The van der Waals surface area contributed by atoms with Crippen molar-refractivity contribution < 1.29 is 29.8 Å². The van der Waals surface area contributed by atoms with Crippen molar-refractivity contribution in [2.75, 3.05) is 0 Å². The number of amides is 1. The van der Waals surface area contributed by atoms with Crippen molar-refractivity contribution in [3.63, 3.8) is 0 Å². The molecular formula is CH5CaFeNO2. The molecule has 0 aliphatic rings. The maximum Gasteiger partial charge on any atom is 2.00 e. The van der Waals surface area contributed by atoms with E-state index in [0.29, 0.717) is 0 Å². The quantitative estimate of drug-likeness (QED) is 0.466. The van der Waals surface area contributed by atoms with Gasteiger partial charge in [0.15, 0.2) is 0 Å². The van der Waals surface area contributed by atoms with Crippen LogP contribution in [0.25, 0.3) is 0 Å². The second-order valence-electron chi connectivity index (χ2n) is 0.338. The second-order valence-corrected chi connectivity index (χ2v) is 0.338. The number of hydrogen-bond donors (Lipinski definition) is 2. The van der Waals surface area contributed by atoms with Crippen LogP contribution in [0.2, 0.25) is 0 Å². The molecule has 3 N–H and O–H groups in total. The smallest absolute Gasteiger partial charge is 1.00 e. The molecule has 0 heterocycles. The summed E-state index contributed by atoms with van der Waals surface area (Å²) in [6.07, 6.45) is -1.33. The van der Waals surface area contributed by atoms with E-state index in [1.54, 1.807) is 0 Å². The molecule has 0 saturated carbocycles. The van der Waals surface area contributed by atoms with Gasteiger partial charge in [-0.1, -0.05) is 0 Å². The average Bonchev–Trinajstić information content (AvgIpc) is 0.811. The Labute approximate surface area is 78.7 Å². The predicted octanol–water partition coefficient (Wildman–Crippen LogP) is -0.535. The minimum atomic E-state index is -1.33. The summed E-state index contributed by atoms with van der Waals surface area (Å²) in [5, 5.41) is 7.19. The van der Waals surface area contributed by atoms with Gasteiger partial charge in [-0.3, -0.25) is 0 Å². The summed E-state index contributed by atoms with van der Waals surface area (Å²) in [6.45, 7) is 0. The molecule has 0 bridgehead atoms. The second kappa shape index (κ2) is 9.41. The van der Waals surface area contributed by atoms with Gasteiger partial charge in [0.25, 0.3) is 0 Å². The van der Waals surface area contributed by atoms with Gasteiger partial charge in [-0.15, -0.1) is 0 Å². The minimum absolute atomic E-state index is 0. The third kappa shape index (κ3) is 75.2. The van der Waals surface area contributed by atoms with Crippen LogP contribution in [-0.2, 0) is 17.1 Å². The van der Waals surface area contributed by atoms with Gasteiger partial charge >= 0.3 is 43.8 Å². The van der Waals surface area contributed by atoms with Crippen LogP contribution in [0.3, 0.4) is 0 Å². The summed E-state index contributed by atoms with van der Waals surface area (Å²) in [5.41, 5.74) is 4.03. The van der Waals surface area contributed by atoms with Crippen LogP contribution in [0.1, 0.15) is 2.85 Å². The van der Waals surface area contributed by atoms with E-state index >= 15 is 0 Å². The molecule has 0 radical (unpaired) electrons. The standard InChI is InChI=1S/CH3NO2.Ca.Fe.2H/c2-1(3)4;;;;/h2H2,(H,3,4);;;;/q;+2;;2*-1. The number of rotatable bonds is 0. The fraction of sp³-hybridized carbons (Fsp3) is 0. The van der Waals surface area contributed by atoms with Crippen molar-refractivity contribution in [3.8, 4) is 0 Å². The molecular weight excluding hydrogens is 154 g/mol. The normalized spacial score (nSPS) is 4.00. The Morgan fingerprint density at radius 1 is 1.83 bits per heavy atom. The van der Waals surface area contributed by atoms with E-state index in [1.165, 1.54) is 0 Å². The molecule has 0 rings (SSSR count). The van der Waals surface area contributed by atoms with Gasteiger partial charge in [0.1, 0.15) is 0 Å². The van der Waals surface area contributed by atoms with E-state index in [0.717, 1.165) is 0 Å². The summed E-state index contributed by atoms with van der Waals surface area (Å²) >= 11 is 0. The Morgan fingerprint density at radius 3 is 1.83 bits per heavy atom. The van der Waals surface area contributed by atoms with Crippen molar-refractivity contribution in [2.24, 2.45) is 5.73 Å².